The minimum absolute atomic E-state index is 0.113. The summed E-state index contributed by atoms with van der Waals surface area (Å²) < 4.78 is 12.1. The number of fused-ring (bicyclic) bond motifs is 1. The Balaban J connectivity index is 1.32. The molecule has 2 saturated carbocycles. The van der Waals surface area contributed by atoms with Crippen LogP contribution in [0.25, 0.3) is 0 Å². The molecule has 0 aromatic rings. The lowest BCUT2D eigenvalue weighted by molar-refractivity contribution is -0.312. The van der Waals surface area contributed by atoms with Crippen LogP contribution in [0.4, 0.5) is 0 Å². The van der Waals surface area contributed by atoms with E-state index in [0.717, 1.165) is 39.1 Å². The number of hydrogen-bond acceptors (Lipinski definition) is 3. The Labute approximate surface area is 133 Å². The Bertz CT molecular complexity index is 429. The van der Waals surface area contributed by atoms with Crippen LogP contribution in [-0.4, -0.2) is 42.9 Å². The van der Waals surface area contributed by atoms with Gasteiger partial charge in [0.1, 0.15) is 0 Å². The number of likely N-dealkylation sites (tertiary alicyclic amines) is 1. The second kappa shape index (κ2) is 5.20. The number of carbonyl (C=O) groups is 1. The van der Waals surface area contributed by atoms with Crippen LogP contribution in [-0.2, 0) is 14.3 Å². The average molecular weight is 307 g/mol. The maximum Gasteiger partial charge on any atom is 0.226 e. The Kier molecular flexibility index (Phi) is 3.53. The molecule has 4 nitrogen and oxygen atoms in total. The molecule has 4 fully saturated rings. The highest BCUT2D eigenvalue weighted by Gasteiger charge is 2.56. The number of piperidine rings is 1. The number of hydrogen-bond donors (Lipinski definition) is 0. The van der Waals surface area contributed by atoms with Crippen molar-refractivity contribution in [1.29, 1.82) is 0 Å². The van der Waals surface area contributed by atoms with E-state index in [-0.39, 0.29) is 5.41 Å². The van der Waals surface area contributed by atoms with Crippen LogP contribution in [0.2, 0.25) is 0 Å². The van der Waals surface area contributed by atoms with Crippen LogP contribution in [0.5, 0.6) is 0 Å². The van der Waals surface area contributed by atoms with Crippen molar-refractivity contribution in [3.8, 4) is 0 Å². The van der Waals surface area contributed by atoms with Crippen LogP contribution in [0, 0.1) is 23.2 Å². The van der Waals surface area contributed by atoms with E-state index in [0.29, 0.717) is 23.7 Å². The number of carbonyl (C=O) groups excluding carboxylic acids is 1. The van der Waals surface area contributed by atoms with Crippen LogP contribution in [0.15, 0.2) is 0 Å². The van der Waals surface area contributed by atoms with Gasteiger partial charge in [-0.1, -0.05) is 26.7 Å². The molecule has 1 spiro atoms. The maximum atomic E-state index is 12.7. The van der Waals surface area contributed by atoms with Gasteiger partial charge in [-0.25, -0.2) is 0 Å². The highest BCUT2D eigenvalue weighted by atomic mass is 16.7. The minimum Gasteiger partial charge on any atom is -0.349 e. The summed E-state index contributed by atoms with van der Waals surface area (Å²) in [5.74, 6) is 1.77. The lowest BCUT2D eigenvalue weighted by Crippen LogP contribution is -2.54. The van der Waals surface area contributed by atoms with Crippen molar-refractivity contribution >= 4 is 5.91 Å². The quantitative estimate of drug-likeness (QED) is 0.748. The molecule has 2 aliphatic carbocycles. The third-order valence-electron chi connectivity index (χ3n) is 6.23. The van der Waals surface area contributed by atoms with Crippen molar-refractivity contribution in [3.63, 3.8) is 0 Å². The van der Waals surface area contributed by atoms with Gasteiger partial charge in [-0.15, -0.1) is 0 Å². The Hall–Kier alpha value is -0.610. The van der Waals surface area contributed by atoms with Crippen molar-refractivity contribution in [2.75, 3.05) is 26.3 Å². The molecule has 4 heteroatoms. The molecule has 1 amide bonds. The highest BCUT2D eigenvalue weighted by Crippen LogP contribution is 2.56. The molecule has 2 unspecified atom stereocenters. The molecule has 0 aromatic carbocycles. The SMILES string of the molecule is CC1(C)COC2(CCN(C(=O)C3C4CCCCC43)CC2)OC1. The summed E-state index contributed by atoms with van der Waals surface area (Å²) >= 11 is 0. The van der Waals surface area contributed by atoms with Crippen LogP contribution < -0.4 is 0 Å². The van der Waals surface area contributed by atoms with Crippen molar-refractivity contribution < 1.29 is 14.3 Å². The predicted octanol–water partition coefficient (Wildman–Crippen LogP) is 2.81. The standard InChI is InChI=1S/C18H29NO3/c1-17(2)11-21-18(22-12-17)7-9-19(10-8-18)16(20)15-13-5-3-4-6-14(13)15/h13-15H,3-12H2,1-2H3. The average Bonchev–Trinajstić information content (AvgIpc) is 3.25. The molecular weight excluding hydrogens is 278 g/mol. The molecule has 0 N–H and O–H groups in total. The fourth-order valence-corrected chi connectivity index (χ4v) is 4.66. The molecule has 0 bridgehead atoms. The molecule has 2 saturated heterocycles. The number of amides is 1. The van der Waals surface area contributed by atoms with E-state index in [1.54, 1.807) is 0 Å². The van der Waals surface area contributed by atoms with E-state index in [9.17, 15) is 4.79 Å². The molecule has 2 aliphatic heterocycles. The van der Waals surface area contributed by atoms with E-state index < -0.39 is 5.79 Å². The summed E-state index contributed by atoms with van der Waals surface area (Å²) in [5, 5.41) is 0. The summed E-state index contributed by atoms with van der Waals surface area (Å²) in [4.78, 5) is 14.8. The van der Waals surface area contributed by atoms with Crippen LogP contribution >= 0.6 is 0 Å². The number of nitrogens with zero attached hydrogens (tertiary/aromatic N) is 1. The van der Waals surface area contributed by atoms with E-state index in [2.05, 4.69) is 18.7 Å². The van der Waals surface area contributed by atoms with Gasteiger partial charge in [0.05, 0.1) is 13.2 Å². The number of rotatable bonds is 1. The Morgan fingerprint density at radius 2 is 1.55 bits per heavy atom. The second-order valence-corrected chi connectivity index (χ2v) is 8.62. The van der Waals surface area contributed by atoms with Gasteiger partial charge >= 0.3 is 0 Å². The molecule has 22 heavy (non-hydrogen) atoms. The van der Waals surface area contributed by atoms with Gasteiger partial charge in [-0.2, -0.15) is 0 Å². The zero-order valence-electron chi connectivity index (χ0n) is 14.0. The first-order valence-electron chi connectivity index (χ1n) is 9.07. The van der Waals surface area contributed by atoms with Gasteiger partial charge < -0.3 is 14.4 Å². The molecule has 2 atom stereocenters. The van der Waals surface area contributed by atoms with E-state index in [4.69, 9.17) is 9.47 Å². The van der Waals surface area contributed by atoms with Crippen molar-refractivity contribution in [3.05, 3.63) is 0 Å². The van der Waals surface area contributed by atoms with Gasteiger partial charge in [-0.05, 0) is 24.7 Å². The van der Waals surface area contributed by atoms with E-state index >= 15 is 0 Å². The normalized spacial score (nSPS) is 39.4. The topological polar surface area (TPSA) is 38.8 Å². The van der Waals surface area contributed by atoms with Gasteiger partial charge in [0.25, 0.3) is 0 Å². The summed E-state index contributed by atoms with van der Waals surface area (Å²) in [6.07, 6.45) is 6.87. The highest BCUT2D eigenvalue weighted by molar-refractivity contribution is 5.82. The fraction of sp³-hybridized carbons (Fsp3) is 0.944. The third kappa shape index (κ3) is 2.58. The summed E-state index contributed by atoms with van der Waals surface area (Å²) in [6, 6.07) is 0. The molecule has 2 heterocycles. The molecule has 0 radical (unpaired) electrons. The van der Waals surface area contributed by atoms with Crippen LogP contribution in [0.1, 0.15) is 52.4 Å². The first kappa shape index (κ1) is 14.9. The zero-order valence-corrected chi connectivity index (χ0v) is 14.0. The largest absolute Gasteiger partial charge is 0.349 e. The fourth-order valence-electron chi connectivity index (χ4n) is 4.66. The Morgan fingerprint density at radius 1 is 1.00 bits per heavy atom. The van der Waals surface area contributed by atoms with E-state index in [1.165, 1.54) is 25.7 Å². The van der Waals surface area contributed by atoms with Gasteiger partial charge in [0.15, 0.2) is 5.79 Å². The summed E-state index contributed by atoms with van der Waals surface area (Å²) in [5.41, 5.74) is 0.113. The molecule has 0 aromatic heterocycles. The molecular formula is C18H29NO3. The van der Waals surface area contributed by atoms with Gasteiger partial charge in [0, 0.05) is 37.3 Å². The second-order valence-electron chi connectivity index (χ2n) is 8.62. The first-order valence-corrected chi connectivity index (χ1v) is 9.07. The monoisotopic (exact) mass is 307 g/mol. The van der Waals surface area contributed by atoms with Crippen LogP contribution in [0.3, 0.4) is 0 Å². The van der Waals surface area contributed by atoms with Crippen molar-refractivity contribution in [1.82, 2.24) is 4.90 Å². The van der Waals surface area contributed by atoms with Gasteiger partial charge in [0.2, 0.25) is 5.91 Å². The maximum absolute atomic E-state index is 12.7. The molecule has 124 valence electrons. The lowest BCUT2D eigenvalue weighted by atomic mass is 9.92. The number of ether oxygens (including phenoxy) is 2. The van der Waals surface area contributed by atoms with Gasteiger partial charge in [-0.3, -0.25) is 4.79 Å². The van der Waals surface area contributed by atoms with Crippen molar-refractivity contribution in [2.24, 2.45) is 23.2 Å². The smallest absolute Gasteiger partial charge is 0.226 e. The Morgan fingerprint density at radius 3 is 2.09 bits per heavy atom. The zero-order chi connectivity index (χ0) is 15.4. The van der Waals surface area contributed by atoms with E-state index in [1.807, 2.05) is 0 Å². The molecule has 4 rings (SSSR count). The first-order chi connectivity index (χ1) is 10.5. The summed E-state index contributed by atoms with van der Waals surface area (Å²) in [7, 11) is 0. The predicted molar refractivity (Wildman–Crippen MR) is 83.2 cm³/mol. The molecule has 4 aliphatic rings. The summed E-state index contributed by atoms with van der Waals surface area (Å²) in [6.45, 7) is 7.46. The third-order valence-corrected chi connectivity index (χ3v) is 6.23. The minimum atomic E-state index is -0.414. The lowest BCUT2D eigenvalue weighted by Gasteiger charge is -2.47. The van der Waals surface area contributed by atoms with Crippen molar-refractivity contribution in [2.45, 2.75) is 58.2 Å².